The molecule has 1 fully saturated rings. The van der Waals surface area contributed by atoms with Crippen molar-refractivity contribution in [1.29, 1.82) is 0 Å². The van der Waals surface area contributed by atoms with Crippen molar-refractivity contribution < 1.29 is 18.0 Å². The van der Waals surface area contributed by atoms with Crippen LogP contribution in [0.25, 0.3) is 0 Å². The number of nitrogens with one attached hydrogen (secondary N) is 2. The minimum absolute atomic E-state index is 0.0635. The van der Waals surface area contributed by atoms with Gasteiger partial charge in [-0.25, -0.2) is 4.98 Å². The monoisotopic (exact) mass is 303 g/mol. The van der Waals surface area contributed by atoms with Crippen LogP contribution in [-0.2, 0) is 11.2 Å². The fourth-order valence-electron chi connectivity index (χ4n) is 2.87. The van der Waals surface area contributed by atoms with Crippen molar-refractivity contribution in [3.63, 3.8) is 0 Å². The van der Waals surface area contributed by atoms with E-state index in [0.717, 1.165) is 5.82 Å². The van der Waals surface area contributed by atoms with Crippen LogP contribution in [0.5, 0.6) is 0 Å². The molecule has 0 radical (unpaired) electrons. The third kappa shape index (κ3) is 4.47. The van der Waals surface area contributed by atoms with E-state index >= 15 is 0 Å². The normalized spacial score (nSPS) is 23.0. The van der Waals surface area contributed by atoms with E-state index in [2.05, 4.69) is 15.3 Å². The lowest BCUT2D eigenvalue weighted by Crippen LogP contribution is -2.42. The smallest absolute Gasteiger partial charge is 0.356 e. The van der Waals surface area contributed by atoms with Crippen molar-refractivity contribution in [1.82, 2.24) is 15.3 Å². The highest BCUT2D eigenvalue weighted by atomic mass is 19.4. The molecule has 1 saturated carbocycles. The molecule has 1 aromatic rings. The van der Waals surface area contributed by atoms with Gasteiger partial charge in [0.15, 0.2) is 0 Å². The molecule has 0 bridgehead atoms. The number of carbonyl (C=O) groups excluding carboxylic acids is 1. The third-order valence-corrected chi connectivity index (χ3v) is 3.97. The molecule has 1 amide bonds. The molecule has 1 aliphatic rings. The second-order valence-corrected chi connectivity index (χ2v) is 5.47. The number of rotatable bonds is 5. The number of carbonyl (C=O) groups is 1. The van der Waals surface area contributed by atoms with Gasteiger partial charge in [-0.1, -0.05) is 12.8 Å². The standard InChI is InChI=1S/C14H20F3N3O/c15-14(16,17)11-5-2-1-4-10(11)13(21)20-7-3-6-12-18-8-9-19-12/h8-11H,1-7H2,(H,18,19)(H,20,21). The summed E-state index contributed by atoms with van der Waals surface area (Å²) in [5.41, 5.74) is 0. The summed E-state index contributed by atoms with van der Waals surface area (Å²) in [6, 6.07) is 0. The minimum atomic E-state index is -4.28. The van der Waals surface area contributed by atoms with Gasteiger partial charge in [0, 0.05) is 31.3 Å². The van der Waals surface area contributed by atoms with Crippen LogP contribution in [0.15, 0.2) is 12.4 Å². The molecular weight excluding hydrogens is 283 g/mol. The molecular formula is C14H20F3N3O. The Hall–Kier alpha value is -1.53. The quantitative estimate of drug-likeness (QED) is 0.822. The zero-order chi connectivity index (χ0) is 15.3. The van der Waals surface area contributed by atoms with Crippen LogP contribution < -0.4 is 5.32 Å². The molecule has 2 atom stereocenters. The number of hydrogen-bond acceptors (Lipinski definition) is 2. The lowest BCUT2D eigenvalue weighted by atomic mass is 9.78. The molecule has 0 aromatic carbocycles. The predicted octanol–water partition coefficient (Wildman–Crippen LogP) is 2.83. The number of imidazole rings is 1. The summed E-state index contributed by atoms with van der Waals surface area (Å²) >= 11 is 0. The minimum Gasteiger partial charge on any atom is -0.356 e. The summed E-state index contributed by atoms with van der Waals surface area (Å²) in [4.78, 5) is 19.0. The Kier molecular flexibility index (Phi) is 5.25. The van der Waals surface area contributed by atoms with Gasteiger partial charge < -0.3 is 10.3 Å². The number of hydrogen-bond donors (Lipinski definition) is 2. The van der Waals surface area contributed by atoms with E-state index in [0.29, 0.717) is 38.6 Å². The van der Waals surface area contributed by atoms with E-state index in [4.69, 9.17) is 0 Å². The second-order valence-electron chi connectivity index (χ2n) is 5.47. The Labute approximate surface area is 121 Å². The second kappa shape index (κ2) is 6.95. The highest BCUT2D eigenvalue weighted by Crippen LogP contribution is 2.41. The Morgan fingerprint density at radius 1 is 1.38 bits per heavy atom. The maximum atomic E-state index is 12.9. The number of aromatic amines is 1. The van der Waals surface area contributed by atoms with Gasteiger partial charge in [-0.2, -0.15) is 13.2 Å². The number of H-pyrrole nitrogens is 1. The topological polar surface area (TPSA) is 57.8 Å². The molecule has 4 nitrogen and oxygen atoms in total. The predicted molar refractivity (Wildman–Crippen MR) is 71.4 cm³/mol. The summed E-state index contributed by atoms with van der Waals surface area (Å²) < 4.78 is 38.8. The first kappa shape index (κ1) is 15.9. The van der Waals surface area contributed by atoms with Gasteiger partial charge in [0.25, 0.3) is 0 Å². The van der Waals surface area contributed by atoms with Crippen molar-refractivity contribution in [3.05, 3.63) is 18.2 Å². The van der Waals surface area contributed by atoms with E-state index in [9.17, 15) is 18.0 Å². The summed E-state index contributed by atoms with van der Waals surface area (Å²) in [6.07, 6.45) is 2.03. The summed E-state index contributed by atoms with van der Waals surface area (Å²) in [7, 11) is 0. The van der Waals surface area contributed by atoms with Gasteiger partial charge >= 0.3 is 6.18 Å². The molecule has 2 N–H and O–H groups in total. The van der Waals surface area contributed by atoms with E-state index in [1.807, 2.05) is 0 Å². The Bertz CT molecular complexity index is 445. The number of aryl methyl sites for hydroxylation is 1. The van der Waals surface area contributed by atoms with Crippen LogP contribution in [-0.4, -0.2) is 28.6 Å². The molecule has 0 aliphatic heterocycles. The van der Waals surface area contributed by atoms with E-state index in [1.54, 1.807) is 12.4 Å². The van der Waals surface area contributed by atoms with Gasteiger partial charge in [-0.3, -0.25) is 4.79 Å². The lowest BCUT2D eigenvalue weighted by molar-refractivity contribution is -0.198. The first-order valence-corrected chi connectivity index (χ1v) is 7.31. The van der Waals surface area contributed by atoms with Crippen LogP contribution >= 0.6 is 0 Å². The largest absolute Gasteiger partial charge is 0.392 e. The summed E-state index contributed by atoms with van der Waals surface area (Å²) in [5.74, 6) is -2.06. The lowest BCUT2D eigenvalue weighted by Gasteiger charge is -2.31. The Morgan fingerprint density at radius 3 is 2.81 bits per heavy atom. The highest BCUT2D eigenvalue weighted by Gasteiger charge is 2.47. The fourth-order valence-corrected chi connectivity index (χ4v) is 2.87. The van der Waals surface area contributed by atoms with Crippen molar-refractivity contribution >= 4 is 5.91 Å². The third-order valence-electron chi connectivity index (χ3n) is 3.97. The van der Waals surface area contributed by atoms with Crippen molar-refractivity contribution in [3.8, 4) is 0 Å². The first-order chi connectivity index (χ1) is 9.98. The van der Waals surface area contributed by atoms with Gasteiger partial charge in [0.05, 0.1) is 5.92 Å². The Balaban J connectivity index is 1.78. The number of amides is 1. The number of aromatic nitrogens is 2. The average Bonchev–Trinajstić information content (AvgIpc) is 2.95. The molecule has 0 saturated heterocycles. The van der Waals surface area contributed by atoms with Gasteiger partial charge in [-0.05, 0) is 19.3 Å². The van der Waals surface area contributed by atoms with Crippen LogP contribution in [0, 0.1) is 11.8 Å². The van der Waals surface area contributed by atoms with Crippen LogP contribution in [0.3, 0.4) is 0 Å². The molecule has 0 spiro atoms. The molecule has 1 aromatic heterocycles. The van der Waals surface area contributed by atoms with E-state index < -0.39 is 23.9 Å². The van der Waals surface area contributed by atoms with Crippen molar-refractivity contribution in [2.24, 2.45) is 11.8 Å². The van der Waals surface area contributed by atoms with E-state index in [1.165, 1.54) is 0 Å². The molecule has 7 heteroatoms. The zero-order valence-electron chi connectivity index (χ0n) is 11.7. The Morgan fingerprint density at radius 2 is 2.14 bits per heavy atom. The molecule has 2 rings (SSSR count). The van der Waals surface area contributed by atoms with E-state index in [-0.39, 0.29) is 6.42 Å². The summed E-state index contributed by atoms with van der Waals surface area (Å²) in [5, 5.41) is 2.64. The van der Waals surface area contributed by atoms with Gasteiger partial charge in [0.2, 0.25) is 5.91 Å². The SMILES string of the molecule is O=C(NCCCc1ncc[nH]1)C1CCCCC1C(F)(F)F. The molecule has 21 heavy (non-hydrogen) atoms. The fraction of sp³-hybridized carbons (Fsp3) is 0.714. The van der Waals surface area contributed by atoms with Crippen LogP contribution in [0.4, 0.5) is 13.2 Å². The number of alkyl halides is 3. The van der Waals surface area contributed by atoms with Crippen molar-refractivity contribution in [2.45, 2.75) is 44.7 Å². The van der Waals surface area contributed by atoms with Gasteiger partial charge in [-0.15, -0.1) is 0 Å². The van der Waals surface area contributed by atoms with Crippen LogP contribution in [0.2, 0.25) is 0 Å². The summed E-state index contributed by atoms with van der Waals surface area (Å²) in [6.45, 7) is 0.376. The maximum Gasteiger partial charge on any atom is 0.392 e. The van der Waals surface area contributed by atoms with Gasteiger partial charge in [0.1, 0.15) is 5.82 Å². The van der Waals surface area contributed by atoms with Crippen LogP contribution in [0.1, 0.15) is 37.9 Å². The molecule has 1 aliphatic carbocycles. The molecule has 118 valence electrons. The number of halogens is 3. The highest BCUT2D eigenvalue weighted by molar-refractivity contribution is 5.79. The average molecular weight is 303 g/mol. The zero-order valence-corrected chi connectivity index (χ0v) is 11.7. The first-order valence-electron chi connectivity index (χ1n) is 7.31. The number of nitrogens with zero attached hydrogens (tertiary/aromatic N) is 1. The molecule has 1 heterocycles. The maximum absolute atomic E-state index is 12.9. The van der Waals surface area contributed by atoms with Crippen molar-refractivity contribution in [2.75, 3.05) is 6.54 Å². The molecule has 2 unspecified atom stereocenters.